The molecule has 2 atom stereocenters. The number of ether oxygens (including phenoxy) is 1. The summed E-state index contributed by atoms with van der Waals surface area (Å²) < 4.78 is 5.15. The van der Waals surface area contributed by atoms with E-state index < -0.39 is 0 Å². The number of halogens is 1. The molecule has 1 heterocycles. The lowest BCUT2D eigenvalue weighted by atomic mass is 10.1. The molecule has 0 radical (unpaired) electrons. The Morgan fingerprint density at radius 1 is 1.65 bits per heavy atom. The summed E-state index contributed by atoms with van der Waals surface area (Å²) in [6.45, 7) is 0.686. The minimum absolute atomic E-state index is 0.0252. The molecule has 1 aliphatic rings. The van der Waals surface area contributed by atoms with Crippen LogP contribution in [0.3, 0.4) is 0 Å². The predicted octanol–water partition coefficient (Wildman–Crippen LogP) is 0.383. The summed E-state index contributed by atoms with van der Waals surface area (Å²) in [5.74, 6) is 0.114. The fourth-order valence-corrected chi connectivity index (χ4v) is 2.41. The maximum Gasteiger partial charge on any atom is 0.255 e. The van der Waals surface area contributed by atoms with Crippen LogP contribution in [0.15, 0.2) is 12.1 Å². The summed E-state index contributed by atoms with van der Waals surface area (Å²) in [6, 6.07) is 3.02. The number of aliphatic hydroxyl groups is 1. The Labute approximate surface area is 122 Å². The molecule has 0 spiro atoms. The van der Waals surface area contributed by atoms with Gasteiger partial charge in [0.2, 0.25) is 0 Å². The Hall–Kier alpha value is -1.50. The number of carbonyl (C=O) groups excluding carboxylic acids is 1. The van der Waals surface area contributed by atoms with Gasteiger partial charge in [0.05, 0.1) is 30.0 Å². The highest BCUT2D eigenvalue weighted by molar-refractivity contribution is 6.33. The third-order valence-electron chi connectivity index (χ3n) is 3.34. The fourth-order valence-electron chi connectivity index (χ4n) is 2.25. The zero-order valence-electron chi connectivity index (χ0n) is 11.1. The number of nitrogen functional groups attached to an aromatic ring is 1. The number of anilines is 1. The molecule has 0 aliphatic carbocycles. The van der Waals surface area contributed by atoms with Gasteiger partial charge in [0.25, 0.3) is 5.91 Å². The monoisotopic (exact) mass is 299 g/mol. The number of hydrogen-bond acceptors (Lipinski definition) is 5. The third-order valence-corrected chi connectivity index (χ3v) is 3.67. The summed E-state index contributed by atoms with van der Waals surface area (Å²) in [6.07, 6.45) is 0.688. The third kappa shape index (κ3) is 3.15. The Bertz CT molecular complexity index is 510. The summed E-state index contributed by atoms with van der Waals surface area (Å²) in [4.78, 5) is 12.3. The van der Waals surface area contributed by atoms with Crippen molar-refractivity contribution in [2.45, 2.75) is 18.5 Å². The number of methoxy groups -OCH3 is 1. The van der Waals surface area contributed by atoms with Crippen LogP contribution in [0.1, 0.15) is 16.8 Å². The number of hydrogen-bond donors (Lipinski definition) is 4. The van der Waals surface area contributed by atoms with Gasteiger partial charge < -0.3 is 26.2 Å². The van der Waals surface area contributed by atoms with Crippen molar-refractivity contribution >= 4 is 23.2 Å². The highest BCUT2D eigenvalue weighted by Crippen LogP contribution is 2.28. The number of nitrogens with two attached hydrogens (primary N) is 1. The molecule has 0 unspecified atom stereocenters. The molecule has 1 aliphatic heterocycles. The second-order valence-corrected chi connectivity index (χ2v) is 5.18. The van der Waals surface area contributed by atoms with Gasteiger partial charge in [0, 0.05) is 24.7 Å². The first kappa shape index (κ1) is 14.9. The lowest BCUT2D eigenvalue weighted by Crippen LogP contribution is -2.36. The van der Waals surface area contributed by atoms with E-state index in [1.165, 1.54) is 19.2 Å². The summed E-state index contributed by atoms with van der Waals surface area (Å²) in [7, 11) is 1.47. The van der Waals surface area contributed by atoms with Gasteiger partial charge in [0.1, 0.15) is 5.75 Å². The standard InChI is InChI=1S/C13H18ClN3O3/c1-20-12-4-11(15)10(14)3-9(12)13(19)17-7-2-8(6-18)16-5-7/h3-4,7-8,16,18H,2,5-6,15H2,1H3,(H,17,19)/t7-,8-/m0/s1. The summed E-state index contributed by atoms with van der Waals surface area (Å²) in [5.41, 5.74) is 6.39. The molecule has 1 amide bonds. The molecule has 1 saturated heterocycles. The van der Waals surface area contributed by atoms with Crippen molar-refractivity contribution in [2.75, 3.05) is 26.0 Å². The first-order chi connectivity index (χ1) is 9.55. The van der Waals surface area contributed by atoms with Gasteiger partial charge in [-0.3, -0.25) is 4.79 Å². The van der Waals surface area contributed by atoms with E-state index in [2.05, 4.69) is 10.6 Å². The minimum Gasteiger partial charge on any atom is -0.496 e. The predicted molar refractivity (Wildman–Crippen MR) is 77.2 cm³/mol. The van der Waals surface area contributed by atoms with Crippen LogP contribution in [0, 0.1) is 0 Å². The maximum absolute atomic E-state index is 12.3. The van der Waals surface area contributed by atoms with E-state index >= 15 is 0 Å². The molecule has 0 bridgehead atoms. The first-order valence-electron chi connectivity index (χ1n) is 6.33. The minimum atomic E-state index is -0.269. The molecule has 1 aromatic carbocycles. The van der Waals surface area contributed by atoms with Crippen molar-refractivity contribution in [1.82, 2.24) is 10.6 Å². The Kier molecular flexibility index (Phi) is 4.69. The number of rotatable bonds is 4. The number of carbonyl (C=O) groups is 1. The molecule has 5 N–H and O–H groups in total. The SMILES string of the molecule is COc1cc(N)c(Cl)cc1C(=O)N[C@@H]1CN[C@H](CO)C1. The molecule has 110 valence electrons. The Balaban J connectivity index is 2.11. The van der Waals surface area contributed by atoms with Crippen molar-refractivity contribution in [3.63, 3.8) is 0 Å². The van der Waals surface area contributed by atoms with Crippen molar-refractivity contribution in [1.29, 1.82) is 0 Å². The van der Waals surface area contributed by atoms with Crippen LogP contribution in [-0.2, 0) is 0 Å². The van der Waals surface area contributed by atoms with Gasteiger partial charge in [-0.15, -0.1) is 0 Å². The molecular weight excluding hydrogens is 282 g/mol. The molecule has 0 saturated carbocycles. The van der Waals surface area contributed by atoms with Gasteiger partial charge in [-0.1, -0.05) is 11.6 Å². The quantitative estimate of drug-likeness (QED) is 0.603. The summed E-state index contributed by atoms with van der Waals surface area (Å²) in [5, 5.41) is 15.4. The van der Waals surface area contributed by atoms with Gasteiger partial charge in [-0.05, 0) is 12.5 Å². The van der Waals surface area contributed by atoms with Crippen molar-refractivity contribution in [3.8, 4) is 5.75 Å². The molecule has 1 aromatic rings. The van der Waals surface area contributed by atoms with Crippen LogP contribution >= 0.6 is 11.6 Å². The Morgan fingerprint density at radius 3 is 3.00 bits per heavy atom. The molecule has 2 rings (SSSR count). The van der Waals surface area contributed by atoms with Gasteiger partial charge in [-0.2, -0.15) is 0 Å². The molecule has 20 heavy (non-hydrogen) atoms. The van der Waals surface area contributed by atoms with Crippen molar-refractivity contribution in [3.05, 3.63) is 22.7 Å². The van der Waals surface area contributed by atoms with Crippen LogP contribution in [0.4, 0.5) is 5.69 Å². The summed E-state index contributed by atoms with van der Waals surface area (Å²) >= 11 is 5.94. The van der Waals surface area contributed by atoms with E-state index in [9.17, 15) is 4.79 Å². The number of benzene rings is 1. The van der Waals surface area contributed by atoms with E-state index in [0.717, 1.165) is 0 Å². The Morgan fingerprint density at radius 2 is 2.40 bits per heavy atom. The van der Waals surface area contributed by atoms with Crippen LogP contribution in [-0.4, -0.2) is 43.4 Å². The zero-order valence-corrected chi connectivity index (χ0v) is 11.9. The second-order valence-electron chi connectivity index (χ2n) is 4.77. The average molecular weight is 300 g/mol. The molecule has 7 heteroatoms. The fraction of sp³-hybridized carbons (Fsp3) is 0.462. The average Bonchev–Trinajstić information content (AvgIpc) is 2.88. The van der Waals surface area contributed by atoms with Crippen LogP contribution in [0.2, 0.25) is 5.02 Å². The number of aliphatic hydroxyl groups excluding tert-OH is 1. The van der Waals surface area contributed by atoms with Crippen LogP contribution < -0.4 is 21.1 Å². The van der Waals surface area contributed by atoms with Gasteiger partial charge in [-0.25, -0.2) is 0 Å². The van der Waals surface area contributed by atoms with Crippen molar-refractivity contribution < 1.29 is 14.6 Å². The van der Waals surface area contributed by atoms with E-state index in [-0.39, 0.29) is 24.6 Å². The highest BCUT2D eigenvalue weighted by Gasteiger charge is 2.26. The molecular formula is C13H18ClN3O3. The molecule has 6 nitrogen and oxygen atoms in total. The number of nitrogens with one attached hydrogen (secondary N) is 2. The first-order valence-corrected chi connectivity index (χ1v) is 6.71. The van der Waals surface area contributed by atoms with Gasteiger partial charge in [0.15, 0.2) is 0 Å². The molecule has 1 fully saturated rings. The van der Waals surface area contributed by atoms with E-state index in [1.54, 1.807) is 0 Å². The number of amides is 1. The van der Waals surface area contributed by atoms with Crippen LogP contribution in [0.25, 0.3) is 0 Å². The lowest BCUT2D eigenvalue weighted by Gasteiger charge is -2.14. The second kappa shape index (κ2) is 6.30. The topological polar surface area (TPSA) is 96.6 Å². The van der Waals surface area contributed by atoms with Gasteiger partial charge >= 0.3 is 0 Å². The zero-order chi connectivity index (χ0) is 14.7. The lowest BCUT2D eigenvalue weighted by molar-refractivity contribution is 0.0936. The van der Waals surface area contributed by atoms with E-state index in [0.29, 0.717) is 35.0 Å². The maximum atomic E-state index is 12.3. The van der Waals surface area contributed by atoms with E-state index in [4.69, 9.17) is 27.2 Å². The highest BCUT2D eigenvalue weighted by atomic mass is 35.5. The van der Waals surface area contributed by atoms with Crippen molar-refractivity contribution in [2.24, 2.45) is 0 Å². The smallest absolute Gasteiger partial charge is 0.255 e. The van der Waals surface area contributed by atoms with E-state index in [1.807, 2.05) is 0 Å². The normalized spacial score (nSPS) is 21.8. The van der Waals surface area contributed by atoms with Crippen LogP contribution in [0.5, 0.6) is 5.75 Å². The largest absolute Gasteiger partial charge is 0.496 e. The molecule has 0 aromatic heterocycles.